The maximum atomic E-state index is 12.6. The topological polar surface area (TPSA) is 54.7 Å². The molecule has 116 valence electrons. The predicted molar refractivity (Wildman–Crippen MR) is 86.7 cm³/mol. The van der Waals surface area contributed by atoms with E-state index in [-0.39, 0.29) is 11.1 Å². The monoisotopic (exact) mass is 299 g/mol. The molecule has 22 heavy (non-hydrogen) atoms. The predicted octanol–water partition coefficient (Wildman–Crippen LogP) is 2.30. The Morgan fingerprint density at radius 2 is 1.91 bits per heavy atom. The molecule has 0 amide bonds. The Bertz CT molecular complexity index is 771. The largest absolute Gasteiger partial charge is 0.355 e. The van der Waals surface area contributed by atoms with Gasteiger partial charge in [0.2, 0.25) is 0 Å². The molecule has 0 radical (unpaired) electrons. The van der Waals surface area contributed by atoms with Crippen molar-refractivity contribution in [3.63, 3.8) is 0 Å². The van der Waals surface area contributed by atoms with Crippen LogP contribution in [0.2, 0.25) is 0 Å². The summed E-state index contributed by atoms with van der Waals surface area (Å²) in [7, 11) is 0. The molecule has 2 aromatic rings. The van der Waals surface area contributed by atoms with Crippen LogP contribution < -0.4 is 10.5 Å². The van der Waals surface area contributed by atoms with Crippen molar-refractivity contribution < 1.29 is 4.79 Å². The van der Waals surface area contributed by atoms with E-state index in [0.717, 1.165) is 18.7 Å². The maximum Gasteiger partial charge on any atom is 0.270 e. The van der Waals surface area contributed by atoms with E-state index >= 15 is 0 Å². The minimum atomic E-state index is -0.287. The fourth-order valence-electron chi connectivity index (χ4n) is 3.43. The van der Waals surface area contributed by atoms with Crippen LogP contribution in [-0.4, -0.2) is 28.8 Å². The molecule has 2 atom stereocenters. The number of carbonyl (C=O) groups is 1. The summed E-state index contributed by atoms with van der Waals surface area (Å²) >= 11 is 0. The molecule has 0 spiro atoms. The summed E-state index contributed by atoms with van der Waals surface area (Å²) < 4.78 is 1.46. The van der Waals surface area contributed by atoms with Crippen molar-refractivity contribution in [3.05, 3.63) is 39.8 Å². The first kappa shape index (κ1) is 14.8. The van der Waals surface area contributed by atoms with Crippen LogP contribution in [0.5, 0.6) is 0 Å². The summed E-state index contributed by atoms with van der Waals surface area (Å²) in [6, 6.07) is 3.75. The van der Waals surface area contributed by atoms with Gasteiger partial charge in [0, 0.05) is 19.3 Å². The smallest absolute Gasteiger partial charge is 0.270 e. The second-order valence-corrected chi connectivity index (χ2v) is 6.56. The fraction of sp³-hybridized carbons (Fsp3) is 0.471. The summed E-state index contributed by atoms with van der Waals surface area (Å²) in [6.07, 6.45) is 3.53. The standard InChI is InChI=1S/C17H21N3O2/c1-11-4-5-15-18-16(14(10-21)17(22)20(15)9-11)19-7-12(2)6-13(3)8-19/h4-5,9-10,12-13H,6-8H2,1-3H3/t12-,13+. The highest BCUT2D eigenvalue weighted by Crippen LogP contribution is 2.26. The van der Waals surface area contributed by atoms with Crippen molar-refractivity contribution in [2.45, 2.75) is 27.2 Å². The highest BCUT2D eigenvalue weighted by atomic mass is 16.1. The van der Waals surface area contributed by atoms with Crippen molar-refractivity contribution in [3.8, 4) is 0 Å². The van der Waals surface area contributed by atoms with E-state index in [2.05, 4.69) is 23.7 Å². The van der Waals surface area contributed by atoms with E-state index in [4.69, 9.17) is 0 Å². The number of hydrogen-bond donors (Lipinski definition) is 0. The van der Waals surface area contributed by atoms with E-state index in [9.17, 15) is 9.59 Å². The third-order valence-corrected chi connectivity index (χ3v) is 4.27. The van der Waals surface area contributed by atoms with Crippen LogP contribution in [0.25, 0.3) is 5.65 Å². The zero-order valence-corrected chi connectivity index (χ0v) is 13.2. The van der Waals surface area contributed by atoms with E-state index in [1.165, 1.54) is 10.8 Å². The van der Waals surface area contributed by atoms with E-state index in [1.54, 1.807) is 6.20 Å². The number of rotatable bonds is 2. The lowest BCUT2D eigenvalue weighted by Gasteiger charge is -2.36. The van der Waals surface area contributed by atoms with Crippen LogP contribution in [0.15, 0.2) is 23.1 Å². The van der Waals surface area contributed by atoms with Gasteiger partial charge in [-0.15, -0.1) is 0 Å². The summed E-state index contributed by atoms with van der Waals surface area (Å²) in [5.74, 6) is 1.59. The number of nitrogens with zero attached hydrogens (tertiary/aromatic N) is 3. The maximum absolute atomic E-state index is 12.6. The number of aromatic nitrogens is 2. The van der Waals surface area contributed by atoms with Crippen molar-refractivity contribution >= 4 is 17.8 Å². The van der Waals surface area contributed by atoms with Crippen LogP contribution in [0, 0.1) is 18.8 Å². The van der Waals surface area contributed by atoms with Gasteiger partial charge in [0.05, 0.1) is 0 Å². The molecule has 0 saturated carbocycles. The molecule has 2 aromatic heterocycles. The van der Waals surface area contributed by atoms with Crippen LogP contribution in [-0.2, 0) is 0 Å². The first-order valence-electron chi connectivity index (χ1n) is 7.72. The third-order valence-electron chi connectivity index (χ3n) is 4.27. The van der Waals surface area contributed by atoms with Crippen LogP contribution in [0.1, 0.15) is 36.2 Å². The molecular weight excluding hydrogens is 278 g/mol. The Kier molecular flexibility index (Phi) is 3.72. The zero-order valence-electron chi connectivity index (χ0n) is 13.2. The molecule has 1 fully saturated rings. The molecule has 1 aliphatic heterocycles. The minimum absolute atomic E-state index is 0.157. The number of fused-ring (bicyclic) bond motifs is 1. The lowest BCUT2D eigenvalue weighted by molar-refractivity contribution is 0.112. The summed E-state index contributed by atoms with van der Waals surface area (Å²) in [6.45, 7) is 7.97. The van der Waals surface area contributed by atoms with Crippen LogP contribution in [0.3, 0.4) is 0 Å². The van der Waals surface area contributed by atoms with E-state index in [1.807, 2.05) is 19.1 Å². The average Bonchev–Trinajstić information content (AvgIpc) is 2.46. The van der Waals surface area contributed by atoms with E-state index in [0.29, 0.717) is 29.6 Å². The highest BCUT2D eigenvalue weighted by molar-refractivity contribution is 5.83. The zero-order chi connectivity index (χ0) is 15.9. The average molecular weight is 299 g/mol. The number of hydrogen-bond acceptors (Lipinski definition) is 4. The van der Waals surface area contributed by atoms with Gasteiger partial charge in [-0.2, -0.15) is 0 Å². The van der Waals surface area contributed by atoms with Crippen molar-refractivity contribution in [2.75, 3.05) is 18.0 Å². The van der Waals surface area contributed by atoms with Gasteiger partial charge in [0.1, 0.15) is 17.0 Å². The Labute approximate surface area is 129 Å². The highest BCUT2D eigenvalue weighted by Gasteiger charge is 2.26. The molecule has 1 aliphatic rings. The fourth-order valence-corrected chi connectivity index (χ4v) is 3.43. The van der Waals surface area contributed by atoms with Gasteiger partial charge in [-0.3, -0.25) is 14.0 Å². The third kappa shape index (κ3) is 2.51. The van der Waals surface area contributed by atoms with Crippen molar-refractivity contribution in [2.24, 2.45) is 11.8 Å². The Morgan fingerprint density at radius 1 is 1.23 bits per heavy atom. The molecule has 3 heterocycles. The molecule has 0 aliphatic carbocycles. The summed E-state index contributed by atoms with van der Waals surface area (Å²) in [5.41, 5.74) is 1.41. The second kappa shape index (κ2) is 5.55. The van der Waals surface area contributed by atoms with Gasteiger partial charge in [-0.05, 0) is 36.8 Å². The lowest BCUT2D eigenvalue weighted by atomic mass is 9.92. The lowest BCUT2D eigenvalue weighted by Crippen LogP contribution is -2.41. The molecule has 5 nitrogen and oxygen atoms in total. The molecule has 0 unspecified atom stereocenters. The first-order valence-corrected chi connectivity index (χ1v) is 7.72. The van der Waals surface area contributed by atoms with E-state index < -0.39 is 0 Å². The summed E-state index contributed by atoms with van der Waals surface area (Å²) in [5, 5.41) is 0. The molecule has 0 bridgehead atoms. The number of aldehydes is 1. The number of piperidine rings is 1. The normalized spacial score (nSPS) is 22.0. The van der Waals surface area contributed by atoms with Gasteiger partial charge in [-0.1, -0.05) is 19.9 Å². The van der Waals surface area contributed by atoms with Gasteiger partial charge in [-0.25, -0.2) is 4.98 Å². The van der Waals surface area contributed by atoms with Crippen LogP contribution >= 0.6 is 0 Å². The molecule has 3 rings (SSSR count). The van der Waals surface area contributed by atoms with Gasteiger partial charge < -0.3 is 4.90 Å². The number of aryl methyl sites for hydroxylation is 1. The Balaban J connectivity index is 2.19. The second-order valence-electron chi connectivity index (χ2n) is 6.56. The van der Waals surface area contributed by atoms with Gasteiger partial charge >= 0.3 is 0 Å². The molecule has 0 N–H and O–H groups in total. The molecular formula is C17H21N3O2. The van der Waals surface area contributed by atoms with Crippen LogP contribution in [0.4, 0.5) is 5.82 Å². The quantitative estimate of drug-likeness (QED) is 0.798. The van der Waals surface area contributed by atoms with Gasteiger partial charge in [0.25, 0.3) is 5.56 Å². The number of carbonyl (C=O) groups excluding carboxylic acids is 1. The molecule has 1 saturated heterocycles. The minimum Gasteiger partial charge on any atom is -0.355 e. The van der Waals surface area contributed by atoms with Crippen molar-refractivity contribution in [1.82, 2.24) is 9.38 Å². The molecule has 0 aromatic carbocycles. The SMILES string of the molecule is Cc1ccc2nc(N3C[C@H](C)C[C@H](C)C3)c(C=O)c(=O)n2c1. The Hall–Kier alpha value is -2.17. The summed E-state index contributed by atoms with van der Waals surface area (Å²) in [4.78, 5) is 30.8. The number of pyridine rings is 1. The van der Waals surface area contributed by atoms with Gasteiger partial charge in [0.15, 0.2) is 6.29 Å². The number of anilines is 1. The first-order chi connectivity index (χ1) is 10.5. The van der Waals surface area contributed by atoms with Crippen molar-refractivity contribution in [1.29, 1.82) is 0 Å². The Morgan fingerprint density at radius 3 is 2.55 bits per heavy atom. The molecule has 5 heteroatoms.